The number of urea groups is 1. The fourth-order valence-corrected chi connectivity index (χ4v) is 4.44. The van der Waals surface area contributed by atoms with Crippen LogP contribution in [0, 0.1) is 0 Å². The van der Waals surface area contributed by atoms with Crippen LogP contribution < -0.4 is 15.5 Å². The van der Waals surface area contributed by atoms with Gasteiger partial charge in [-0.15, -0.1) is 4.73 Å². The molecule has 3 rings (SSSR count). The van der Waals surface area contributed by atoms with Crippen LogP contribution in [0.15, 0.2) is 12.1 Å². The maximum atomic E-state index is 11.7. The molecule has 2 aliphatic rings. The molecule has 3 atom stereocenters. The molecule has 0 aliphatic carbocycles. The maximum absolute atomic E-state index is 11.7. The highest BCUT2D eigenvalue weighted by Crippen LogP contribution is 2.33. The Morgan fingerprint density at radius 3 is 2.78 bits per heavy atom. The smallest absolute Gasteiger partial charge is 0.333 e. The summed E-state index contributed by atoms with van der Waals surface area (Å²) in [6.45, 7) is 0. The van der Waals surface area contributed by atoms with E-state index in [0.717, 1.165) is 18.6 Å². The molecule has 9 heteroatoms. The molecule has 3 heterocycles. The Hall–Kier alpha value is -2.03. The van der Waals surface area contributed by atoms with Gasteiger partial charge in [0.2, 0.25) is 11.8 Å². The topological polar surface area (TPSA) is 113 Å². The van der Waals surface area contributed by atoms with Crippen LogP contribution in [0.4, 0.5) is 4.79 Å². The fraction of sp³-hybridized carbons (Fsp3) is 0.571. The summed E-state index contributed by atoms with van der Waals surface area (Å²) in [5.74, 6) is -0.246. The van der Waals surface area contributed by atoms with Crippen molar-refractivity contribution in [3.8, 4) is 11.8 Å². The van der Waals surface area contributed by atoms with Crippen LogP contribution in [0.2, 0.25) is 0 Å². The van der Waals surface area contributed by atoms with Crippen molar-refractivity contribution < 1.29 is 24.6 Å². The number of fused-ring (bicyclic) bond motifs is 1. The van der Waals surface area contributed by atoms with E-state index in [1.165, 1.54) is 12.1 Å². The highest BCUT2D eigenvalue weighted by Gasteiger charge is 2.42. The molecule has 2 saturated heterocycles. The van der Waals surface area contributed by atoms with Gasteiger partial charge in [-0.05, 0) is 12.8 Å². The summed E-state index contributed by atoms with van der Waals surface area (Å²) in [7, 11) is 0. The molecule has 0 spiro atoms. The minimum atomic E-state index is -0.514. The number of rotatable bonds is 6. The van der Waals surface area contributed by atoms with Gasteiger partial charge in [0.05, 0.1) is 12.1 Å². The van der Waals surface area contributed by atoms with E-state index in [1.54, 1.807) is 0 Å². The lowest BCUT2D eigenvalue weighted by Gasteiger charge is -2.16. The minimum Gasteiger partial charge on any atom is -0.492 e. The van der Waals surface area contributed by atoms with Gasteiger partial charge in [0.15, 0.2) is 0 Å². The molecule has 2 aliphatic heterocycles. The van der Waals surface area contributed by atoms with Gasteiger partial charge in [-0.1, -0.05) is 6.42 Å². The highest BCUT2D eigenvalue weighted by atomic mass is 32.2. The van der Waals surface area contributed by atoms with Crippen LogP contribution >= 0.6 is 11.8 Å². The Balaban J connectivity index is 1.37. The third-order valence-corrected chi connectivity index (χ3v) is 5.56. The van der Waals surface area contributed by atoms with Crippen molar-refractivity contribution in [2.45, 2.75) is 43.0 Å². The Labute approximate surface area is 137 Å². The second-order valence-corrected chi connectivity index (χ2v) is 6.95. The quantitative estimate of drug-likeness (QED) is 0.445. The van der Waals surface area contributed by atoms with Gasteiger partial charge < -0.3 is 25.7 Å². The van der Waals surface area contributed by atoms with E-state index in [0.29, 0.717) is 16.4 Å². The molecule has 1 aromatic heterocycles. The zero-order chi connectivity index (χ0) is 16.4. The first-order valence-electron chi connectivity index (χ1n) is 7.54. The lowest BCUT2D eigenvalue weighted by molar-refractivity contribution is -0.145. The normalized spacial score (nSPS) is 25.7. The number of hydrogen-bond donors (Lipinski definition) is 4. The summed E-state index contributed by atoms with van der Waals surface area (Å²) in [6.07, 6.45) is 2.61. The van der Waals surface area contributed by atoms with Crippen LogP contribution in [-0.2, 0) is 4.79 Å². The molecule has 4 N–H and O–H groups in total. The molecule has 0 bridgehead atoms. The summed E-state index contributed by atoms with van der Waals surface area (Å²) in [5.41, 5.74) is 0. The largest absolute Gasteiger partial charge is 0.492 e. The summed E-state index contributed by atoms with van der Waals surface area (Å²) in [4.78, 5) is 27.9. The summed E-state index contributed by atoms with van der Waals surface area (Å²) in [6, 6.07) is 2.76. The van der Waals surface area contributed by atoms with Gasteiger partial charge in [-0.2, -0.15) is 11.8 Å². The second kappa shape index (κ2) is 6.61. The lowest BCUT2D eigenvalue weighted by atomic mass is 10.0. The third-order valence-electron chi connectivity index (χ3n) is 4.05. The van der Waals surface area contributed by atoms with Crippen molar-refractivity contribution >= 4 is 23.8 Å². The number of unbranched alkanes of at least 4 members (excludes halogenated alkanes) is 1. The van der Waals surface area contributed by atoms with Crippen molar-refractivity contribution in [3.63, 3.8) is 0 Å². The molecule has 2 fully saturated rings. The Morgan fingerprint density at radius 2 is 2.04 bits per heavy atom. The number of carbonyl (C=O) groups is 2. The molecular formula is C14H19N3O5S. The van der Waals surface area contributed by atoms with E-state index in [-0.39, 0.29) is 36.3 Å². The molecule has 0 radical (unpaired) electrons. The van der Waals surface area contributed by atoms with Crippen molar-refractivity contribution in [3.05, 3.63) is 12.1 Å². The second-order valence-electron chi connectivity index (χ2n) is 5.68. The number of nitrogens with zero attached hydrogens (tertiary/aromatic N) is 1. The number of nitrogens with one attached hydrogen (secondary N) is 2. The number of amides is 2. The summed E-state index contributed by atoms with van der Waals surface area (Å²) >= 11 is 1.84. The Bertz CT molecular complexity index is 586. The van der Waals surface area contributed by atoms with Crippen molar-refractivity contribution in [1.82, 2.24) is 15.4 Å². The number of hydrogen-bond acceptors (Lipinski definition) is 6. The molecule has 0 saturated carbocycles. The first-order chi connectivity index (χ1) is 11.0. The van der Waals surface area contributed by atoms with Crippen LogP contribution in [0.1, 0.15) is 25.7 Å². The summed E-state index contributed by atoms with van der Waals surface area (Å²) in [5, 5.41) is 25.0. The zero-order valence-electron chi connectivity index (χ0n) is 12.4. The van der Waals surface area contributed by atoms with Crippen LogP contribution in [0.5, 0.6) is 11.8 Å². The Morgan fingerprint density at radius 1 is 1.30 bits per heavy atom. The molecule has 8 nitrogen and oxygen atoms in total. The van der Waals surface area contributed by atoms with Gasteiger partial charge in [0.1, 0.15) is 0 Å². The minimum absolute atomic E-state index is 0.0970. The van der Waals surface area contributed by atoms with Crippen LogP contribution in [0.25, 0.3) is 0 Å². The number of thioether (sulfide) groups is 1. The van der Waals surface area contributed by atoms with E-state index in [9.17, 15) is 19.8 Å². The molecule has 1 unspecified atom stereocenters. The number of carbonyl (C=O) groups excluding carboxylic acids is 2. The van der Waals surface area contributed by atoms with Crippen LogP contribution in [-0.4, -0.2) is 50.0 Å². The monoisotopic (exact) mass is 341 g/mol. The molecular weight excluding hydrogens is 322 g/mol. The zero-order valence-corrected chi connectivity index (χ0v) is 13.2. The van der Waals surface area contributed by atoms with E-state index >= 15 is 0 Å². The van der Waals surface area contributed by atoms with Gasteiger partial charge in [0, 0.05) is 29.6 Å². The fourth-order valence-electron chi connectivity index (χ4n) is 2.90. The van der Waals surface area contributed by atoms with Crippen molar-refractivity contribution in [2.24, 2.45) is 0 Å². The van der Waals surface area contributed by atoms with Gasteiger partial charge >= 0.3 is 12.0 Å². The predicted molar refractivity (Wildman–Crippen MR) is 83.3 cm³/mol. The maximum Gasteiger partial charge on any atom is 0.333 e. The van der Waals surface area contributed by atoms with Crippen molar-refractivity contribution in [2.75, 3.05) is 5.75 Å². The first kappa shape index (κ1) is 15.9. The van der Waals surface area contributed by atoms with Crippen LogP contribution in [0.3, 0.4) is 0 Å². The number of aromatic hydroxyl groups is 2. The Kier molecular flexibility index (Phi) is 4.56. The molecule has 2 amide bonds. The number of aromatic nitrogens is 1. The van der Waals surface area contributed by atoms with E-state index in [2.05, 4.69) is 10.6 Å². The van der Waals surface area contributed by atoms with Gasteiger partial charge in [0.25, 0.3) is 0 Å². The summed E-state index contributed by atoms with van der Waals surface area (Å²) < 4.78 is 0.694. The molecule has 1 aromatic rings. The average Bonchev–Trinajstić information content (AvgIpc) is 3.14. The SMILES string of the molecule is O=C1N[C@H]2CSC(CCCCC(=O)On3c(O)ccc3O)[C@H]2N1. The molecule has 23 heavy (non-hydrogen) atoms. The predicted octanol–water partition coefficient (Wildman–Crippen LogP) is 0.580. The first-order valence-corrected chi connectivity index (χ1v) is 8.59. The molecule has 0 aromatic carbocycles. The standard InChI is InChI=1S/C14H19N3O5S/c18-10-5-6-11(19)17(10)22-12(20)4-2-1-3-9-13-8(7-23-9)15-14(21)16-13/h5-6,8-9,13,18-19H,1-4,7H2,(H2,15,16,21)/t8-,9?,13-/m0/s1. The third kappa shape index (κ3) is 3.49. The van der Waals surface area contributed by atoms with Gasteiger partial charge in [-0.25, -0.2) is 9.59 Å². The van der Waals surface area contributed by atoms with Gasteiger partial charge in [-0.3, -0.25) is 0 Å². The lowest BCUT2D eigenvalue weighted by Crippen LogP contribution is -2.36. The van der Waals surface area contributed by atoms with E-state index < -0.39 is 5.97 Å². The van der Waals surface area contributed by atoms with E-state index in [4.69, 9.17) is 4.84 Å². The molecule has 126 valence electrons. The highest BCUT2D eigenvalue weighted by molar-refractivity contribution is 8.00. The van der Waals surface area contributed by atoms with Crippen molar-refractivity contribution in [1.29, 1.82) is 0 Å². The van der Waals surface area contributed by atoms with E-state index in [1.807, 2.05) is 11.8 Å². The average molecular weight is 341 g/mol.